The van der Waals surface area contributed by atoms with E-state index in [1.165, 1.54) is 4.85 Å². The van der Waals surface area contributed by atoms with Crippen LogP contribution in [-0.2, 0) is 0 Å². The van der Waals surface area contributed by atoms with Crippen molar-refractivity contribution in [2.24, 2.45) is 0 Å². The summed E-state index contributed by atoms with van der Waals surface area (Å²) in [5.74, 6) is 0. The van der Waals surface area contributed by atoms with E-state index in [1.807, 2.05) is 0 Å². The molecule has 5 heteroatoms. The van der Waals surface area contributed by atoms with Crippen molar-refractivity contribution in [2.45, 2.75) is 0 Å². The Balaban J connectivity index is 2.77. The van der Waals surface area contributed by atoms with E-state index in [2.05, 4.69) is 5.10 Å². The molecule has 0 aliphatic heterocycles. The lowest BCUT2D eigenvalue weighted by Gasteiger charge is -2.02. The van der Waals surface area contributed by atoms with Crippen molar-refractivity contribution in [2.75, 3.05) is 18.6 Å². The van der Waals surface area contributed by atoms with Gasteiger partial charge in [-0.15, -0.1) is 5.10 Å². The van der Waals surface area contributed by atoms with Crippen LogP contribution in [0.4, 0.5) is 11.4 Å². The van der Waals surface area contributed by atoms with Crippen LogP contribution in [0.15, 0.2) is 18.3 Å². The van der Waals surface area contributed by atoms with Crippen LogP contribution in [0.25, 0.3) is 10.9 Å². The summed E-state index contributed by atoms with van der Waals surface area (Å²) >= 11 is 0. The van der Waals surface area contributed by atoms with Crippen LogP contribution in [0.1, 0.15) is 0 Å². The van der Waals surface area contributed by atoms with Crippen molar-refractivity contribution in [3.63, 3.8) is 0 Å². The summed E-state index contributed by atoms with van der Waals surface area (Å²) in [6.45, 7) is 0. The first-order valence-corrected chi connectivity index (χ1v) is 3.79. The Morgan fingerprint density at radius 1 is 1.31 bits per heavy atom. The number of benzene rings is 1. The molecule has 4 N–H and O–H groups in total. The van der Waals surface area contributed by atoms with Gasteiger partial charge in [0.2, 0.25) is 0 Å². The zero-order chi connectivity index (χ0) is 9.42. The Morgan fingerprint density at radius 2 is 2.00 bits per heavy atom. The second kappa shape index (κ2) is 2.55. The average Bonchev–Trinajstić information content (AvgIpc) is 2.48. The zero-order valence-corrected chi connectivity index (χ0v) is 7.19. The Labute approximate surface area is 74.8 Å². The summed E-state index contributed by atoms with van der Waals surface area (Å²) in [6.07, 6.45) is 1.68. The summed E-state index contributed by atoms with van der Waals surface area (Å²) in [7, 11) is 1.54. The monoisotopic (exact) mass is 178 g/mol. The molecule has 68 valence electrons. The van der Waals surface area contributed by atoms with Crippen molar-refractivity contribution < 1.29 is 4.84 Å². The van der Waals surface area contributed by atoms with E-state index in [4.69, 9.17) is 16.3 Å². The lowest BCUT2D eigenvalue weighted by Crippen LogP contribution is -2.07. The quantitative estimate of drug-likeness (QED) is 0.614. The van der Waals surface area contributed by atoms with Gasteiger partial charge in [-0.05, 0) is 12.1 Å². The third kappa shape index (κ3) is 1.05. The SMILES string of the molecule is COn1ncc2cc(N)c(N)cc21. The number of nitrogen functional groups attached to an aromatic ring is 2. The molecule has 0 saturated heterocycles. The highest BCUT2D eigenvalue weighted by Crippen LogP contribution is 2.22. The van der Waals surface area contributed by atoms with E-state index in [0.717, 1.165) is 10.9 Å². The highest BCUT2D eigenvalue weighted by molar-refractivity contribution is 5.87. The molecule has 1 aromatic carbocycles. The molecule has 0 aliphatic carbocycles. The molecule has 1 aromatic heterocycles. The van der Waals surface area contributed by atoms with Gasteiger partial charge in [0, 0.05) is 5.39 Å². The molecular formula is C8H10N4O. The smallest absolute Gasteiger partial charge is 0.112 e. The number of fused-ring (bicyclic) bond motifs is 1. The van der Waals surface area contributed by atoms with Crippen LogP contribution >= 0.6 is 0 Å². The average molecular weight is 178 g/mol. The van der Waals surface area contributed by atoms with Crippen molar-refractivity contribution in [1.82, 2.24) is 9.94 Å². The highest BCUT2D eigenvalue weighted by atomic mass is 16.7. The van der Waals surface area contributed by atoms with Gasteiger partial charge in [0.25, 0.3) is 0 Å². The minimum atomic E-state index is 0.534. The molecule has 1 heterocycles. The fourth-order valence-electron chi connectivity index (χ4n) is 1.23. The molecule has 0 spiro atoms. The van der Waals surface area contributed by atoms with Gasteiger partial charge in [-0.25, -0.2) is 0 Å². The molecule has 0 atom stereocenters. The fraction of sp³-hybridized carbons (Fsp3) is 0.125. The Morgan fingerprint density at radius 3 is 2.69 bits per heavy atom. The summed E-state index contributed by atoms with van der Waals surface area (Å²) in [4.78, 5) is 6.37. The Kier molecular flexibility index (Phi) is 1.51. The Bertz CT molecular complexity index is 449. The van der Waals surface area contributed by atoms with Gasteiger partial charge in [-0.3, -0.25) is 0 Å². The highest BCUT2D eigenvalue weighted by Gasteiger charge is 2.04. The molecule has 5 nitrogen and oxygen atoms in total. The molecule has 0 saturated carbocycles. The topological polar surface area (TPSA) is 79.1 Å². The number of nitrogens with zero attached hydrogens (tertiary/aromatic N) is 2. The molecule has 0 radical (unpaired) electrons. The number of nitrogens with two attached hydrogens (primary N) is 2. The van der Waals surface area contributed by atoms with Crippen LogP contribution in [0.5, 0.6) is 0 Å². The summed E-state index contributed by atoms with van der Waals surface area (Å²) in [5.41, 5.74) is 13.2. The van der Waals surface area contributed by atoms with Crippen molar-refractivity contribution >= 4 is 22.3 Å². The maximum atomic E-state index is 5.65. The first kappa shape index (κ1) is 7.72. The third-order valence-electron chi connectivity index (χ3n) is 1.91. The van der Waals surface area contributed by atoms with Crippen molar-refractivity contribution in [1.29, 1.82) is 0 Å². The summed E-state index contributed by atoms with van der Waals surface area (Å²) in [5, 5.41) is 4.89. The van der Waals surface area contributed by atoms with Gasteiger partial charge in [-0.2, -0.15) is 0 Å². The number of anilines is 2. The number of hydrogen-bond donors (Lipinski definition) is 2. The van der Waals surface area contributed by atoms with Crippen LogP contribution in [-0.4, -0.2) is 17.1 Å². The van der Waals surface area contributed by atoms with Gasteiger partial charge in [0.15, 0.2) is 0 Å². The fourth-order valence-corrected chi connectivity index (χ4v) is 1.23. The molecule has 0 aliphatic rings. The van der Waals surface area contributed by atoms with Gasteiger partial charge in [0.05, 0.1) is 17.6 Å². The summed E-state index contributed by atoms with van der Waals surface area (Å²) in [6, 6.07) is 3.51. The maximum absolute atomic E-state index is 5.65. The third-order valence-corrected chi connectivity index (χ3v) is 1.91. The second-order valence-electron chi connectivity index (χ2n) is 2.74. The van der Waals surface area contributed by atoms with Crippen LogP contribution in [0, 0.1) is 0 Å². The molecule has 2 aromatic rings. The molecule has 0 unspecified atom stereocenters. The first-order valence-electron chi connectivity index (χ1n) is 3.79. The largest absolute Gasteiger partial charge is 0.399 e. The Hall–Kier alpha value is -1.91. The van der Waals surface area contributed by atoms with Crippen LogP contribution < -0.4 is 16.3 Å². The number of hydrogen-bond acceptors (Lipinski definition) is 4. The molecule has 2 rings (SSSR count). The predicted octanol–water partition coefficient (Wildman–Crippen LogP) is 0.259. The van der Waals surface area contributed by atoms with Gasteiger partial charge in [0.1, 0.15) is 12.6 Å². The van der Waals surface area contributed by atoms with E-state index in [0.29, 0.717) is 11.4 Å². The normalized spacial score (nSPS) is 10.5. The molecule has 0 bridgehead atoms. The van der Waals surface area contributed by atoms with Crippen LogP contribution in [0.3, 0.4) is 0 Å². The van der Waals surface area contributed by atoms with Gasteiger partial charge < -0.3 is 16.3 Å². The summed E-state index contributed by atoms with van der Waals surface area (Å²) < 4.78 is 0. The molecular weight excluding hydrogens is 168 g/mol. The second-order valence-corrected chi connectivity index (χ2v) is 2.74. The van der Waals surface area contributed by atoms with Gasteiger partial charge in [-0.1, -0.05) is 4.85 Å². The number of rotatable bonds is 1. The van der Waals surface area contributed by atoms with Crippen molar-refractivity contribution in [3.05, 3.63) is 18.3 Å². The van der Waals surface area contributed by atoms with E-state index in [-0.39, 0.29) is 0 Å². The molecule has 0 fully saturated rings. The minimum Gasteiger partial charge on any atom is -0.399 e. The van der Waals surface area contributed by atoms with E-state index >= 15 is 0 Å². The molecule has 0 amide bonds. The van der Waals surface area contributed by atoms with Gasteiger partial charge >= 0.3 is 0 Å². The number of aromatic nitrogens is 2. The first-order chi connectivity index (χ1) is 6.22. The van der Waals surface area contributed by atoms with E-state index < -0.39 is 0 Å². The predicted molar refractivity (Wildman–Crippen MR) is 51.1 cm³/mol. The molecule has 13 heavy (non-hydrogen) atoms. The van der Waals surface area contributed by atoms with Crippen LogP contribution in [0.2, 0.25) is 0 Å². The maximum Gasteiger partial charge on any atom is 0.112 e. The van der Waals surface area contributed by atoms with Crippen molar-refractivity contribution in [3.8, 4) is 0 Å². The standard InChI is InChI=1S/C8H10N4O/c1-13-12-8-3-7(10)6(9)2-5(8)4-11-12/h2-4H,9-10H2,1H3. The zero-order valence-electron chi connectivity index (χ0n) is 7.19. The lowest BCUT2D eigenvalue weighted by molar-refractivity contribution is 0.145. The minimum absolute atomic E-state index is 0.534. The lowest BCUT2D eigenvalue weighted by atomic mass is 10.2. The van der Waals surface area contributed by atoms with E-state index in [1.54, 1.807) is 25.4 Å². The van der Waals surface area contributed by atoms with E-state index in [9.17, 15) is 0 Å².